The van der Waals surface area contributed by atoms with Crippen LogP contribution >= 0.6 is 0 Å². The summed E-state index contributed by atoms with van der Waals surface area (Å²) in [4.78, 5) is 12.0. The van der Waals surface area contributed by atoms with Crippen molar-refractivity contribution in [3.8, 4) is 0 Å². The largest absolute Gasteiger partial charge is 0.383 e. The number of hydrogen-bond acceptors (Lipinski definition) is 5. The first-order valence-electron chi connectivity index (χ1n) is 7.86. The molecule has 128 valence electrons. The van der Waals surface area contributed by atoms with Gasteiger partial charge in [0.1, 0.15) is 12.2 Å². The highest BCUT2D eigenvalue weighted by Crippen LogP contribution is 2.23. The molecule has 0 fully saturated rings. The minimum absolute atomic E-state index is 0.239. The van der Waals surface area contributed by atoms with Crippen LogP contribution in [0.3, 0.4) is 0 Å². The van der Waals surface area contributed by atoms with Gasteiger partial charge in [-0.05, 0) is 23.3 Å². The summed E-state index contributed by atoms with van der Waals surface area (Å²) in [6.45, 7) is 3.02. The Morgan fingerprint density at radius 3 is 3.12 bits per heavy atom. The van der Waals surface area contributed by atoms with Gasteiger partial charge in [-0.3, -0.25) is 0 Å². The van der Waals surface area contributed by atoms with Crippen molar-refractivity contribution < 1.29 is 14.3 Å². The number of nitrogens with zero attached hydrogens (tertiary/aromatic N) is 3. The van der Waals surface area contributed by atoms with Gasteiger partial charge in [-0.1, -0.05) is 6.07 Å². The van der Waals surface area contributed by atoms with E-state index < -0.39 is 0 Å². The number of urea groups is 1. The van der Waals surface area contributed by atoms with Gasteiger partial charge in [-0.2, -0.15) is 0 Å². The highest BCUT2D eigenvalue weighted by atomic mass is 16.5. The molecule has 2 amide bonds. The maximum Gasteiger partial charge on any atom is 0.319 e. The van der Waals surface area contributed by atoms with Gasteiger partial charge in [0.15, 0.2) is 0 Å². The van der Waals surface area contributed by atoms with Crippen molar-refractivity contribution in [2.24, 2.45) is 0 Å². The normalized spacial score (nSPS) is 12.9. The number of hydrogen-bond donors (Lipinski definition) is 2. The lowest BCUT2D eigenvalue weighted by Crippen LogP contribution is -2.31. The Labute approximate surface area is 140 Å². The SMILES string of the molecule is COCCn1cnnc1CCNC(=O)Nc1ccc2c(c1)COC2. The molecule has 0 unspecified atom stereocenters. The predicted molar refractivity (Wildman–Crippen MR) is 87.6 cm³/mol. The lowest BCUT2D eigenvalue weighted by atomic mass is 10.1. The number of amides is 2. The van der Waals surface area contributed by atoms with Crippen molar-refractivity contribution in [3.05, 3.63) is 41.5 Å². The van der Waals surface area contributed by atoms with Crippen molar-refractivity contribution in [2.75, 3.05) is 25.6 Å². The van der Waals surface area contributed by atoms with E-state index in [1.807, 2.05) is 22.8 Å². The van der Waals surface area contributed by atoms with Gasteiger partial charge in [0.25, 0.3) is 0 Å². The molecule has 2 N–H and O–H groups in total. The minimum atomic E-state index is -0.239. The summed E-state index contributed by atoms with van der Waals surface area (Å²) in [6, 6.07) is 5.57. The molecule has 1 aliphatic heterocycles. The van der Waals surface area contributed by atoms with Gasteiger partial charge in [0.2, 0.25) is 0 Å². The van der Waals surface area contributed by atoms with Crippen molar-refractivity contribution in [3.63, 3.8) is 0 Å². The van der Waals surface area contributed by atoms with Crippen molar-refractivity contribution >= 4 is 11.7 Å². The zero-order valence-corrected chi connectivity index (χ0v) is 13.6. The van der Waals surface area contributed by atoms with E-state index in [-0.39, 0.29) is 6.03 Å². The first kappa shape index (κ1) is 16.4. The number of benzene rings is 1. The van der Waals surface area contributed by atoms with E-state index in [0.717, 1.165) is 17.1 Å². The smallest absolute Gasteiger partial charge is 0.319 e. The number of carbonyl (C=O) groups excluding carboxylic acids is 1. The molecule has 1 aromatic carbocycles. The molecular weight excluding hydrogens is 310 g/mol. The fourth-order valence-corrected chi connectivity index (χ4v) is 2.56. The molecule has 24 heavy (non-hydrogen) atoms. The van der Waals surface area contributed by atoms with Gasteiger partial charge >= 0.3 is 6.03 Å². The quantitative estimate of drug-likeness (QED) is 0.798. The van der Waals surface area contributed by atoms with E-state index in [1.165, 1.54) is 5.56 Å². The fourth-order valence-electron chi connectivity index (χ4n) is 2.56. The summed E-state index contributed by atoms with van der Waals surface area (Å²) >= 11 is 0. The number of anilines is 1. The second kappa shape index (κ2) is 7.89. The molecular formula is C16H21N5O3. The van der Waals surface area contributed by atoms with Crippen LogP contribution in [0.25, 0.3) is 0 Å². The fraction of sp³-hybridized carbons (Fsp3) is 0.438. The topological polar surface area (TPSA) is 90.3 Å². The van der Waals surface area contributed by atoms with E-state index in [2.05, 4.69) is 20.8 Å². The second-order valence-corrected chi connectivity index (χ2v) is 5.54. The van der Waals surface area contributed by atoms with Gasteiger partial charge in [0, 0.05) is 32.3 Å². The van der Waals surface area contributed by atoms with E-state index in [4.69, 9.17) is 9.47 Å². The van der Waals surface area contributed by atoms with Crippen molar-refractivity contribution in [2.45, 2.75) is 26.2 Å². The maximum atomic E-state index is 12.0. The summed E-state index contributed by atoms with van der Waals surface area (Å²) < 4.78 is 12.3. The van der Waals surface area contributed by atoms with Crippen LogP contribution in [0.5, 0.6) is 0 Å². The zero-order chi connectivity index (χ0) is 16.8. The standard InChI is InChI=1S/C16H21N5O3/c1-23-7-6-21-11-18-20-15(21)4-5-17-16(22)19-14-3-2-12-9-24-10-13(12)8-14/h2-3,8,11H,4-7,9-10H2,1H3,(H2,17,19,22). The molecule has 8 nitrogen and oxygen atoms in total. The Morgan fingerprint density at radius 2 is 2.25 bits per heavy atom. The molecule has 2 heterocycles. The maximum absolute atomic E-state index is 12.0. The molecule has 3 rings (SSSR count). The molecule has 0 aliphatic carbocycles. The second-order valence-electron chi connectivity index (χ2n) is 5.54. The Balaban J connectivity index is 1.45. The van der Waals surface area contributed by atoms with Gasteiger partial charge in [0.05, 0.1) is 19.8 Å². The Morgan fingerprint density at radius 1 is 1.38 bits per heavy atom. The molecule has 0 spiro atoms. The predicted octanol–water partition coefficient (Wildman–Crippen LogP) is 1.32. The monoisotopic (exact) mass is 331 g/mol. The number of nitrogens with one attached hydrogen (secondary N) is 2. The van der Waals surface area contributed by atoms with Gasteiger partial charge in [-0.25, -0.2) is 4.79 Å². The molecule has 0 atom stereocenters. The first-order valence-corrected chi connectivity index (χ1v) is 7.86. The van der Waals surface area contributed by atoms with Crippen LogP contribution in [0.2, 0.25) is 0 Å². The molecule has 2 aromatic rings. The molecule has 1 aliphatic rings. The summed E-state index contributed by atoms with van der Waals surface area (Å²) in [5, 5.41) is 13.6. The number of rotatable bonds is 7. The third-order valence-corrected chi connectivity index (χ3v) is 3.85. The molecule has 1 aromatic heterocycles. The van der Waals surface area contributed by atoms with Crippen LogP contribution in [-0.2, 0) is 35.7 Å². The van der Waals surface area contributed by atoms with Crippen LogP contribution in [-0.4, -0.2) is 41.1 Å². The summed E-state index contributed by atoms with van der Waals surface area (Å²) in [7, 11) is 1.65. The van der Waals surface area contributed by atoms with Crippen molar-refractivity contribution in [1.82, 2.24) is 20.1 Å². The van der Waals surface area contributed by atoms with E-state index in [9.17, 15) is 4.79 Å². The van der Waals surface area contributed by atoms with E-state index >= 15 is 0 Å². The third kappa shape index (κ3) is 4.09. The average molecular weight is 331 g/mol. The highest BCUT2D eigenvalue weighted by molar-refractivity contribution is 5.89. The van der Waals surface area contributed by atoms with Crippen LogP contribution in [0, 0.1) is 0 Å². The lowest BCUT2D eigenvalue weighted by Gasteiger charge is -2.09. The Kier molecular flexibility index (Phi) is 5.39. The molecule has 0 saturated heterocycles. The number of fused-ring (bicyclic) bond motifs is 1. The van der Waals surface area contributed by atoms with Crippen LogP contribution in [0.1, 0.15) is 17.0 Å². The number of methoxy groups -OCH3 is 1. The molecule has 0 bridgehead atoms. The lowest BCUT2D eigenvalue weighted by molar-refractivity contribution is 0.134. The van der Waals surface area contributed by atoms with Gasteiger partial charge in [-0.15, -0.1) is 10.2 Å². The molecule has 0 saturated carbocycles. The Hall–Kier alpha value is -2.45. The van der Waals surface area contributed by atoms with E-state index in [0.29, 0.717) is 39.3 Å². The number of carbonyl (C=O) groups is 1. The average Bonchev–Trinajstić information content (AvgIpc) is 3.21. The minimum Gasteiger partial charge on any atom is -0.383 e. The van der Waals surface area contributed by atoms with Crippen LogP contribution < -0.4 is 10.6 Å². The molecule has 8 heteroatoms. The number of aromatic nitrogens is 3. The van der Waals surface area contributed by atoms with Crippen molar-refractivity contribution in [1.29, 1.82) is 0 Å². The third-order valence-electron chi connectivity index (χ3n) is 3.85. The van der Waals surface area contributed by atoms with Crippen LogP contribution in [0.4, 0.5) is 10.5 Å². The summed E-state index contributed by atoms with van der Waals surface area (Å²) in [6.07, 6.45) is 2.27. The molecule has 0 radical (unpaired) electrons. The highest BCUT2D eigenvalue weighted by Gasteiger charge is 2.12. The zero-order valence-electron chi connectivity index (χ0n) is 13.6. The Bertz CT molecular complexity index is 701. The van der Waals surface area contributed by atoms with E-state index in [1.54, 1.807) is 13.4 Å². The number of ether oxygens (including phenoxy) is 2. The van der Waals surface area contributed by atoms with Crippen LogP contribution in [0.15, 0.2) is 24.5 Å². The summed E-state index contributed by atoms with van der Waals surface area (Å²) in [5.41, 5.74) is 3.07. The first-order chi connectivity index (χ1) is 11.8. The van der Waals surface area contributed by atoms with Gasteiger partial charge < -0.3 is 24.7 Å². The summed E-state index contributed by atoms with van der Waals surface area (Å²) in [5.74, 6) is 0.821.